The third-order valence-electron chi connectivity index (χ3n) is 5.26. The Bertz CT molecular complexity index is 1300. The number of benzene rings is 1. The summed E-state index contributed by atoms with van der Waals surface area (Å²) in [5.74, 6) is -0.539. The Hall–Kier alpha value is -2.80. The van der Waals surface area contributed by atoms with Crippen molar-refractivity contribution in [2.24, 2.45) is 5.92 Å². The maximum Gasteiger partial charge on any atom is 0.261 e. The average molecular weight is 507 g/mol. The van der Waals surface area contributed by atoms with E-state index in [1.165, 1.54) is 46.1 Å². The quantitative estimate of drug-likeness (QED) is 0.507. The van der Waals surface area contributed by atoms with Crippen molar-refractivity contribution in [2.75, 3.05) is 23.1 Å². The Kier molecular flexibility index (Phi) is 6.79. The molecule has 0 saturated carbocycles. The van der Waals surface area contributed by atoms with E-state index < -0.39 is 20.0 Å². The molecule has 4 rings (SSSR count). The second-order valence-electron chi connectivity index (χ2n) is 7.47. The van der Waals surface area contributed by atoms with E-state index in [0.29, 0.717) is 28.4 Å². The van der Waals surface area contributed by atoms with Crippen LogP contribution in [-0.4, -0.2) is 45.1 Å². The number of amides is 1. The number of carbonyl (C=O) groups is 1. The predicted octanol–water partition coefficient (Wildman–Crippen LogP) is 2.98. The molecule has 1 aromatic carbocycles. The number of carbonyl (C=O) groups excluding carboxylic acids is 1. The molecule has 1 amide bonds. The van der Waals surface area contributed by atoms with Gasteiger partial charge in [-0.15, -0.1) is 11.3 Å². The van der Waals surface area contributed by atoms with Gasteiger partial charge in [-0.05, 0) is 60.7 Å². The molecule has 0 bridgehead atoms. The molecule has 174 valence electrons. The van der Waals surface area contributed by atoms with Gasteiger partial charge in [-0.1, -0.05) is 6.07 Å². The van der Waals surface area contributed by atoms with E-state index in [1.807, 2.05) is 0 Å². The van der Waals surface area contributed by atoms with Gasteiger partial charge in [0.05, 0.1) is 16.8 Å². The van der Waals surface area contributed by atoms with E-state index in [1.54, 1.807) is 35.8 Å². The smallest absolute Gasteiger partial charge is 0.261 e. The largest absolute Gasteiger partial charge is 0.326 e. The number of aromatic nitrogens is 1. The Labute approximate surface area is 196 Å². The standard InChI is InChI=1S/C21H22N4O5S3/c26-21(16-9-12-25(13-10-16)33(29,30)20-4-2-14-31-20)23-17-5-7-19(8-6-17)32(27,28)24-18-3-1-11-22-15-18/h1-8,11,14-16,24H,9-10,12-13H2,(H,23,26). The fraction of sp³-hybridized carbons (Fsp3) is 0.238. The Balaban J connectivity index is 1.34. The number of nitrogens with zero attached hydrogens (tertiary/aromatic N) is 2. The highest BCUT2D eigenvalue weighted by atomic mass is 32.2. The number of piperidine rings is 1. The molecule has 2 aromatic heterocycles. The number of hydrogen-bond donors (Lipinski definition) is 2. The second kappa shape index (κ2) is 9.59. The fourth-order valence-electron chi connectivity index (χ4n) is 3.49. The summed E-state index contributed by atoms with van der Waals surface area (Å²) in [6, 6.07) is 12.3. The lowest BCUT2D eigenvalue weighted by molar-refractivity contribution is -0.120. The van der Waals surface area contributed by atoms with Crippen molar-refractivity contribution in [2.45, 2.75) is 21.9 Å². The van der Waals surface area contributed by atoms with Gasteiger partial charge in [-0.25, -0.2) is 16.8 Å². The topological polar surface area (TPSA) is 126 Å². The summed E-state index contributed by atoms with van der Waals surface area (Å²) in [5, 5.41) is 4.51. The van der Waals surface area contributed by atoms with Crippen molar-refractivity contribution in [3.05, 3.63) is 66.3 Å². The van der Waals surface area contributed by atoms with E-state index in [0.717, 1.165) is 0 Å². The van der Waals surface area contributed by atoms with Crippen molar-refractivity contribution in [1.82, 2.24) is 9.29 Å². The van der Waals surface area contributed by atoms with Crippen LogP contribution in [0.5, 0.6) is 0 Å². The van der Waals surface area contributed by atoms with Crippen molar-refractivity contribution in [1.29, 1.82) is 0 Å². The number of sulfonamides is 2. The first-order valence-electron chi connectivity index (χ1n) is 10.1. The first-order chi connectivity index (χ1) is 15.8. The zero-order valence-electron chi connectivity index (χ0n) is 17.4. The molecule has 0 aliphatic carbocycles. The zero-order valence-corrected chi connectivity index (χ0v) is 19.9. The van der Waals surface area contributed by atoms with Crippen LogP contribution in [0.4, 0.5) is 11.4 Å². The predicted molar refractivity (Wildman–Crippen MR) is 126 cm³/mol. The lowest BCUT2D eigenvalue weighted by atomic mass is 9.97. The molecule has 3 heterocycles. The van der Waals surface area contributed by atoms with Crippen LogP contribution in [0.2, 0.25) is 0 Å². The Morgan fingerprint density at radius 2 is 1.70 bits per heavy atom. The summed E-state index contributed by atoms with van der Waals surface area (Å²) < 4.78 is 54.4. The molecular weight excluding hydrogens is 484 g/mol. The van der Waals surface area contributed by atoms with Gasteiger partial charge < -0.3 is 5.32 Å². The summed E-state index contributed by atoms with van der Waals surface area (Å²) in [5.41, 5.74) is 0.816. The minimum absolute atomic E-state index is 0.0523. The van der Waals surface area contributed by atoms with Crippen LogP contribution in [0, 0.1) is 5.92 Å². The molecule has 1 aliphatic heterocycles. The molecule has 0 unspecified atom stereocenters. The summed E-state index contributed by atoms with van der Waals surface area (Å²) in [4.78, 5) is 16.6. The minimum Gasteiger partial charge on any atom is -0.326 e. The zero-order chi connectivity index (χ0) is 23.5. The summed E-state index contributed by atoms with van der Waals surface area (Å²) in [6.45, 7) is 0.547. The van der Waals surface area contributed by atoms with Gasteiger partial charge in [-0.2, -0.15) is 4.31 Å². The number of rotatable bonds is 7. The van der Waals surface area contributed by atoms with Crippen LogP contribution < -0.4 is 10.0 Å². The number of anilines is 2. The average Bonchev–Trinajstić information content (AvgIpc) is 3.36. The normalized spacial score (nSPS) is 15.8. The third-order valence-corrected chi connectivity index (χ3v) is 9.93. The summed E-state index contributed by atoms with van der Waals surface area (Å²) >= 11 is 1.18. The molecule has 12 heteroatoms. The highest BCUT2D eigenvalue weighted by Gasteiger charge is 2.32. The van der Waals surface area contributed by atoms with Crippen LogP contribution in [0.25, 0.3) is 0 Å². The highest BCUT2D eigenvalue weighted by Crippen LogP contribution is 2.27. The van der Waals surface area contributed by atoms with Crippen molar-refractivity contribution >= 4 is 48.7 Å². The second-order valence-corrected chi connectivity index (χ2v) is 12.3. The van der Waals surface area contributed by atoms with Crippen molar-refractivity contribution < 1.29 is 21.6 Å². The molecule has 1 saturated heterocycles. The van der Waals surface area contributed by atoms with Crippen LogP contribution in [-0.2, 0) is 24.8 Å². The van der Waals surface area contributed by atoms with Gasteiger partial charge in [-0.3, -0.25) is 14.5 Å². The molecule has 9 nitrogen and oxygen atoms in total. The van der Waals surface area contributed by atoms with Crippen LogP contribution >= 0.6 is 11.3 Å². The summed E-state index contributed by atoms with van der Waals surface area (Å²) in [7, 11) is -7.30. The number of hydrogen-bond acceptors (Lipinski definition) is 7. The monoisotopic (exact) mass is 506 g/mol. The molecule has 0 radical (unpaired) electrons. The van der Waals surface area contributed by atoms with Gasteiger partial charge in [0.1, 0.15) is 4.21 Å². The van der Waals surface area contributed by atoms with Gasteiger partial charge in [0, 0.05) is 30.9 Å². The van der Waals surface area contributed by atoms with Gasteiger partial charge >= 0.3 is 0 Å². The first-order valence-corrected chi connectivity index (χ1v) is 13.9. The lowest BCUT2D eigenvalue weighted by Crippen LogP contribution is -2.41. The Morgan fingerprint density at radius 1 is 0.970 bits per heavy atom. The molecule has 1 aliphatic rings. The van der Waals surface area contributed by atoms with E-state index in [2.05, 4.69) is 15.0 Å². The van der Waals surface area contributed by atoms with E-state index in [9.17, 15) is 21.6 Å². The number of nitrogens with one attached hydrogen (secondary N) is 2. The van der Waals surface area contributed by atoms with Crippen LogP contribution in [0.1, 0.15) is 12.8 Å². The van der Waals surface area contributed by atoms with Gasteiger partial charge in [0.15, 0.2) is 0 Å². The maximum absolute atomic E-state index is 12.7. The Morgan fingerprint density at radius 3 is 2.30 bits per heavy atom. The molecule has 33 heavy (non-hydrogen) atoms. The van der Waals surface area contributed by atoms with Crippen molar-refractivity contribution in [3.8, 4) is 0 Å². The maximum atomic E-state index is 12.7. The molecule has 2 N–H and O–H groups in total. The van der Waals surface area contributed by atoms with E-state index in [-0.39, 0.29) is 29.8 Å². The molecule has 0 spiro atoms. The molecule has 1 fully saturated rings. The minimum atomic E-state index is -3.78. The van der Waals surface area contributed by atoms with Crippen LogP contribution in [0.3, 0.4) is 0 Å². The number of thiophene rings is 1. The van der Waals surface area contributed by atoms with Crippen molar-refractivity contribution in [3.63, 3.8) is 0 Å². The third kappa shape index (κ3) is 5.41. The number of pyridine rings is 1. The van der Waals surface area contributed by atoms with Crippen LogP contribution in [0.15, 0.2) is 75.4 Å². The first kappa shape index (κ1) is 23.4. The fourth-order valence-corrected chi connectivity index (χ4v) is 7.15. The molecule has 3 aromatic rings. The van der Waals surface area contributed by atoms with Gasteiger partial charge in [0.2, 0.25) is 5.91 Å². The highest BCUT2D eigenvalue weighted by molar-refractivity contribution is 7.92. The van der Waals surface area contributed by atoms with E-state index in [4.69, 9.17) is 0 Å². The van der Waals surface area contributed by atoms with Gasteiger partial charge in [0.25, 0.3) is 20.0 Å². The lowest BCUT2D eigenvalue weighted by Gasteiger charge is -2.30. The molecule has 0 atom stereocenters. The van der Waals surface area contributed by atoms with E-state index >= 15 is 0 Å². The summed E-state index contributed by atoms with van der Waals surface area (Å²) in [6.07, 6.45) is 3.78. The molecular formula is C21H22N4O5S3. The SMILES string of the molecule is O=C(Nc1ccc(S(=O)(=O)Nc2cccnc2)cc1)C1CCN(S(=O)(=O)c2cccs2)CC1.